The van der Waals surface area contributed by atoms with Gasteiger partial charge in [-0.1, -0.05) is 30.3 Å². The largest absolute Gasteiger partial charge is 0.618 e. The topological polar surface area (TPSA) is 76.3 Å². The smallest absolute Gasteiger partial charge is 0.317 e. The first-order chi connectivity index (χ1) is 10.1. The summed E-state index contributed by atoms with van der Waals surface area (Å²) in [5.41, 5.74) is 0.843. The molecule has 1 aromatic carbocycles. The van der Waals surface area contributed by atoms with Gasteiger partial charge in [0.1, 0.15) is 0 Å². The van der Waals surface area contributed by atoms with Gasteiger partial charge in [-0.3, -0.25) is 4.79 Å². The van der Waals surface area contributed by atoms with E-state index in [9.17, 15) is 15.1 Å². The monoisotopic (exact) mass is 286 g/mol. The number of aromatic nitrogens is 1. The van der Waals surface area contributed by atoms with Crippen LogP contribution in [0, 0.1) is 5.21 Å². The highest BCUT2D eigenvalue weighted by Gasteiger charge is 2.19. The summed E-state index contributed by atoms with van der Waals surface area (Å²) in [5, 5.41) is 24.3. The molecule has 1 heterocycles. The second kappa shape index (κ2) is 6.85. The van der Waals surface area contributed by atoms with Gasteiger partial charge in [-0.15, -0.1) is 0 Å². The van der Waals surface area contributed by atoms with Crippen LogP contribution in [0.1, 0.15) is 35.5 Å². The lowest BCUT2D eigenvalue weighted by Crippen LogP contribution is -2.42. The van der Waals surface area contributed by atoms with Crippen molar-refractivity contribution >= 4 is 5.91 Å². The number of hydrogen-bond acceptors (Lipinski definition) is 3. The highest BCUT2D eigenvalue weighted by atomic mass is 16.5. The van der Waals surface area contributed by atoms with Gasteiger partial charge in [0.15, 0.2) is 6.20 Å². The van der Waals surface area contributed by atoms with Gasteiger partial charge in [0.2, 0.25) is 0 Å². The van der Waals surface area contributed by atoms with Gasteiger partial charge in [-0.25, -0.2) is 0 Å². The molecule has 2 rings (SSSR count). The van der Waals surface area contributed by atoms with Crippen molar-refractivity contribution in [2.24, 2.45) is 0 Å². The van der Waals surface area contributed by atoms with Crippen molar-refractivity contribution in [1.82, 2.24) is 5.32 Å². The fourth-order valence-electron chi connectivity index (χ4n) is 2.11. The first kappa shape index (κ1) is 15.0. The third-order valence-electron chi connectivity index (χ3n) is 3.20. The van der Waals surface area contributed by atoms with Gasteiger partial charge >= 0.3 is 5.91 Å². The zero-order valence-corrected chi connectivity index (χ0v) is 11.8. The Bertz CT molecular complexity index is 601. The minimum atomic E-state index is -0.656. The molecule has 5 heteroatoms. The van der Waals surface area contributed by atoms with Crippen LogP contribution in [0.2, 0.25) is 0 Å². The van der Waals surface area contributed by atoms with E-state index < -0.39 is 12.0 Å². The summed E-state index contributed by atoms with van der Waals surface area (Å²) in [7, 11) is 0. The van der Waals surface area contributed by atoms with Crippen molar-refractivity contribution in [1.29, 1.82) is 0 Å². The quantitative estimate of drug-likeness (QED) is 0.647. The summed E-state index contributed by atoms with van der Waals surface area (Å²) in [6.45, 7) is 1.79. The molecule has 2 N–H and O–H groups in total. The molecule has 2 unspecified atom stereocenters. The fourth-order valence-corrected chi connectivity index (χ4v) is 2.11. The van der Waals surface area contributed by atoms with Crippen LogP contribution >= 0.6 is 0 Å². The number of aliphatic hydroxyl groups excluding tert-OH is 1. The van der Waals surface area contributed by atoms with Gasteiger partial charge in [0, 0.05) is 18.2 Å². The molecule has 0 aliphatic rings. The van der Waals surface area contributed by atoms with Crippen molar-refractivity contribution in [2.75, 3.05) is 0 Å². The number of rotatable bonds is 5. The highest BCUT2D eigenvalue weighted by Crippen LogP contribution is 2.17. The van der Waals surface area contributed by atoms with Crippen molar-refractivity contribution in [3.05, 3.63) is 71.2 Å². The van der Waals surface area contributed by atoms with Crippen molar-refractivity contribution in [3.63, 3.8) is 0 Å². The van der Waals surface area contributed by atoms with Crippen LogP contribution in [0.15, 0.2) is 54.7 Å². The normalized spacial score (nSPS) is 13.4. The molecule has 1 amide bonds. The summed E-state index contributed by atoms with van der Waals surface area (Å²) in [4.78, 5) is 12.0. The second-order valence-corrected chi connectivity index (χ2v) is 4.95. The lowest BCUT2D eigenvalue weighted by atomic mass is 10.0. The Balaban J connectivity index is 1.94. The van der Waals surface area contributed by atoms with E-state index >= 15 is 0 Å². The molecule has 0 aliphatic carbocycles. The molecule has 5 nitrogen and oxygen atoms in total. The molecular formula is C16H18N2O3. The number of carbonyl (C=O) groups is 1. The lowest BCUT2D eigenvalue weighted by molar-refractivity contribution is -0.607. The average molecular weight is 286 g/mol. The molecule has 0 fully saturated rings. The van der Waals surface area contributed by atoms with Crippen LogP contribution in [-0.2, 0) is 0 Å². The number of pyridine rings is 1. The van der Waals surface area contributed by atoms with E-state index in [2.05, 4.69) is 5.32 Å². The predicted molar refractivity (Wildman–Crippen MR) is 78.3 cm³/mol. The molecule has 0 saturated heterocycles. The summed E-state index contributed by atoms with van der Waals surface area (Å²) >= 11 is 0. The highest BCUT2D eigenvalue weighted by molar-refractivity contribution is 5.91. The van der Waals surface area contributed by atoms with E-state index in [1.54, 1.807) is 19.1 Å². The molecule has 110 valence electrons. The number of hydrogen-bond donors (Lipinski definition) is 2. The van der Waals surface area contributed by atoms with Crippen molar-refractivity contribution in [2.45, 2.75) is 25.5 Å². The van der Waals surface area contributed by atoms with Crippen LogP contribution in [0.25, 0.3) is 0 Å². The maximum absolute atomic E-state index is 12.0. The summed E-state index contributed by atoms with van der Waals surface area (Å²) < 4.78 is 0.523. The van der Waals surface area contributed by atoms with Crippen LogP contribution in [0.3, 0.4) is 0 Å². The maximum atomic E-state index is 12.0. The van der Waals surface area contributed by atoms with Crippen molar-refractivity contribution < 1.29 is 14.6 Å². The molecule has 0 radical (unpaired) electrons. The first-order valence-electron chi connectivity index (χ1n) is 6.80. The Morgan fingerprint density at radius 3 is 2.57 bits per heavy atom. The Morgan fingerprint density at radius 1 is 1.24 bits per heavy atom. The second-order valence-electron chi connectivity index (χ2n) is 4.95. The number of nitrogens with zero attached hydrogens (tertiary/aromatic N) is 1. The summed E-state index contributed by atoms with van der Waals surface area (Å²) in [6, 6.07) is 13.7. The Kier molecular flexibility index (Phi) is 4.90. The van der Waals surface area contributed by atoms with Crippen molar-refractivity contribution in [3.8, 4) is 0 Å². The zero-order chi connectivity index (χ0) is 15.2. The summed E-state index contributed by atoms with van der Waals surface area (Å²) in [6.07, 6.45) is 0.997. The van der Waals surface area contributed by atoms with Crippen LogP contribution in [0.4, 0.5) is 0 Å². The first-order valence-corrected chi connectivity index (χ1v) is 6.80. The van der Waals surface area contributed by atoms with Gasteiger partial charge in [-0.05, 0) is 25.0 Å². The fraction of sp³-hybridized carbons (Fsp3) is 0.250. The molecule has 0 spiro atoms. The Labute approximate surface area is 123 Å². The third kappa shape index (κ3) is 4.03. The van der Waals surface area contributed by atoms with E-state index in [-0.39, 0.29) is 11.7 Å². The zero-order valence-electron chi connectivity index (χ0n) is 11.8. The van der Waals surface area contributed by atoms with Gasteiger partial charge in [0.25, 0.3) is 5.69 Å². The third-order valence-corrected chi connectivity index (χ3v) is 3.20. The van der Waals surface area contributed by atoms with E-state index in [0.29, 0.717) is 11.2 Å². The SMILES string of the molecule is CC(CC(O)c1ccccc1)NC(=O)c1cccc[n+]1[O-]. The van der Waals surface area contributed by atoms with E-state index in [4.69, 9.17) is 0 Å². The molecule has 2 atom stereocenters. The van der Waals surface area contributed by atoms with Gasteiger partial charge < -0.3 is 15.6 Å². The number of benzene rings is 1. The Hall–Kier alpha value is -2.40. The standard InChI is InChI=1S/C16H18N2O3/c1-12(11-15(19)13-7-3-2-4-8-13)17-16(20)14-9-5-6-10-18(14)21/h2-10,12,15,19H,11H2,1H3,(H,17,20). The maximum Gasteiger partial charge on any atom is 0.317 e. The van der Waals surface area contributed by atoms with E-state index in [1.807, 2.05) is 30.3 Å². The summed E-state index contributed by atoms with van der Waals surface area (Å²) in [5.74, 6) is -0.446. The van der Waals surface area contributed by atoms with E-state index in [0.717, 1.165) is 5.56 Å². The molecule has 1 aromatic heterocycles. The minimum absolute atomic E-state index is 0.0403. The molecular weight excluding hydrogens is 268 g/mol. The van der Waals surface area contributed by atoms with Crippen LogP contribution < -0.4 is 10.0 Å². The molecule has 2 aromatic rings. The minimum Gasteiger partial charge on any atom is -0.618 e. The predicted octanol–water partition coefficient (Wildman–Crippen LogP) is 1.56. The van der Waals surface area contributed by atoms with Gasteiger partial charge in [0.05, 0.1) is 6.10 Å². The van der Waals surface area contributed by atoms with Crippen LogP contribution in [-0.4, -0.2) is 17.1 Å². The number of carbonyl (C=O) groups excluding carboxylic acids is 1. The Morgan fingerprint density at radius 2 is 1.90 bits per heavy atom. The molecule has 21 heavy (non-hydrogen) atoms. The van der Waals surface area contributed by atoms with Crippen LogP contribution in [0.5, 0.6) is 0 Å². The number of aliphatic hydroxyl groups is 1. The van der Waals surface area contributed by atoms with E-state index in [1.165, 1.54) is 12.3 Å². The average Bonchev–Trinajstić information content (AvgIpc) is 2.48. The number of amides is 1. The molecule has 0 saturated carbocycles. The molecule has 0 bridgehead atoms. The van der Waals surface area contributed by atoms with Gasteiger partial charge in [-0.2, -0.15) is 4.73 Å². The molecule has 0 aliphatic heterocycles. The lowest BCUT2D eigenvalue weighted by Gasteiger charge is -2.17. The number of nitrogens with one attached hydrogen (secondary N) is 1.